The Morgan fingerprint density at radius 2 is 2.06 bits per heavy atom. The van der Waals surface area contributed by atoms with E-state index in [2.05, 4.69) is 16.7 Å². The van der Waals surface area contributed by atoms with Crippen LogP contribution in [0.3, 0.4) is 0 Å². The molecule has 31 heavy (non-hydrogen) atoms. The number of dihydropyridines is 1. The smallest absolute Gasteiger partial charge is 0.316 e. The number of halogens is 1. The molecule has 1 aromatic carbocycles. The van der Waals surface area contributed by atoms with Gasteiger partial charge < -0.3 is 19.8 Å². The van der Waals surface area contributed by atoms with Crippen molar-refractivity contribution in [1.29, 1.82) is 5.26 Å². The van der Waals surface area contributed by atoms with E-state index in [0.29, 0.717) is 32.8 Å². The molecule has 1 aliphatic heterocycles. The summed E-state index contributed by atoms with van der Waals surface area (Å²) in [4.78, 5) is 25.0. The molecule has 0 unspecified atom stereocenters. The number of allylic oxidation sites excluding steroid dienone is 2. The molecule has 160 valence electrons. The first-order valence-corrected chi connectivity index (χ1v) is 10.8. The number of rotatable bonds is 7. The van der Waals surface area contributed by atoms with Crippen molar-refractivity contribution in [2.45, 2.75) is 19.8 Å². The topological polar surface area (TPSA) is 104 Å². The maximum absolute atomic E-state index is 13.2. The molecule has 0 fully saturated rings. The van der Waals surface area contributed by atoms with Crippen molar-refractivity contribution in [2.24, 2.45) is 0 Å². The van der Waals surface area contributed by atoms with Gasteiger partial charge in [-0.25, -0.2) is 0 Å². The lowest BCUT2D eigenvalue weighted by atomic mass is 9.85. The Hall–Kier alpha value is -3.15. The second-order valence-corrected chi connectivity index (χ2v) is 7.94. The number of hydrogen-bond donors (Lipinski definition) is 2. The van der Waals surface area contributed by atoms with E-state index in [4.69, 9.17) is 20.8 Å². The van der Waals surface area contributed by atoms with Crippen molar-refractivity contribution in [2.75, 3.05) is 17.7 Å². The van der Waals surface area contributed by atoms with Crippen LogP contribution in [0.15, 0.2) is 69.0 Å². The van der Waals surface area contributed by atoms with Crippen LogP contribution < -0.4 is 10.6 Å². The van der Waals surface area contributed by atoms with Crippen molar-refractivity contribution < 1.29 is 18.7 Å². The van der Waals surface area contributed by atoms with E-state index >= 15 is 0 Å². The highest BCUT2D eigenvalue weighted by atomic mass is 35.5. The van der Waals surface area contributed by atoms with Crippen LogP contribution in [0.2, 0.25) is 5.02 Å². The standard InChI is InChI=1S/C22H20ClN3O4S/c1-3-29-18(27)12-31-22-16(11-24)20(17-5-4-10-30-17)19(13(2)25-22)21(28)26-15-8-6-14(23)7-9-15/h4-10,20,25H,3,12H2,1-2H3,(H,26,28)/t20-/m0/s1. The van der Waals surface area contributed by atoms with Crippen molar-refractivity contribution >= 4 is 40.9 Å². The summed E-state index contributed by atoms with van der Waals surface area (Å²) in [5.41, 5.74) is 1.76. The molecule has 9 heteroatoms. The number of thioether (sulfide) groups is 1. The molecule has 1 atom stereocenters. The molecule has 2 heterocycles. The third-order valence-corrected chi connectivity index (χ3v) is 5.70. The summed E-state index contributed by atoms with van der Waals surface area (Å²) in [6.07, 6.45) is 1.49. The number of carbonyl (C=O) groups excluding carboxylic acids is 2. The number of benzene rings is 1. The maximum Gasteiger partial charge on any atom is 0.316 e. The van der Waals surface area contributed by atoms with Gasteiger partial charge in [-0.3, -0.25) is 9.59 Å². The summed E-state index contributed by atoms with van der Waals surface area (Å²) in [5.74, 6) is -1.00. The summed E-state index contributed by atoms with van der Waals surface area (Å²) >= 11 is 7.07. The second-order valence-electron chi connectivity index (χ2n) is 6.52. The first kappa shape index (κ1) is 22.5. The fourth-order valence-electron chi connectivity index (χ4n) is 3.13. The van der Waals surface area contributed by atoms with Crippen molar-refractivity contribution in [3.63, 3.8) is 0 Å². The first-order chi connectivity index (χ1) is 14.9. The van der Waals surface area contributed by atoms with Gasteiger partial charge in [0, 0.05) is 16.4 Å². The van der Waals surface area contributed by atoms with Gasteiger partial charge in [-0.15, -0.1) is 0 Å². The number of nitrogens with one attached hydrogen (secondary N) is 2. The molecule has 0 radical (unpaired) electrons. The number of ether oxygens (including phenoxy) is 1. The minimum Gasteiger partial charge on any atom is -0.468 e. The van der Waals surface area contributed by atoms with Crippen LogP contribution in [0.5, 0.6) is 0 Å². The van der Waals surface area contributed by atoms with Crippen molar-refractivity contribution in [1.82, 2.24) is 5.32 Å². The molecule has 7 nitrogen and oxygen atoms in total. The normalized spacial score (nSPS) is 15.9. The van der Waals surface area contributed by atoms with Gasteiger partial charge in [0.05, 0.1) is 46.8 Å². The van der Waals surface area contributed by atoms with Gasteiger partial charge in [-0.05, 0) is 50.2 Å². The fraction of sp³-hybridized carbons (Fsp3) is 0.227. The number of nitriles is 1. The van der Waals surface area contributed by atoms with Gasteiger partial charge >= 0.3 is 5.97 Å². The Kier molecular flexibility index (Phi) is 7.45. The lowest BCUT2D eigenvalue weighted by Crippen LogP contribution is -2.30. The summed E-state index contributed by atoms with van der Waals surface area (Å²) in [5, 5.41) is 16.9. The molecular weight excluding hydrogens is 438 g/mol. The van der Waals surface area contributed by atoms with Crippen LogP contribution in [0.4, 0.5) is 5.69 Å². The van der Waals surface area contributed by atoms with Crippen LogP contribution in [0.25, 0.3) is 0 Å². The number of esters is 1. The molecule has 1 aliphatic rings. The van der Waals surface area contributed by atoms with Gasteiger partial charge in [-0.2, -0.15) is 5.26 Å². The Morgan fingerprint density at radius 3 is 2.68 bits per heavy atom. The van der Waals surface area contributed by atoms with Crippen molar-refractivity contribution in [3.05, 3.63) is 75.3 Å². The number of furan rings is 1. The van der Waals surface area contributed by atoms with E-state index in [1.54, 1.807) is 50.2 Å². The molecule has 1 aromatic heterocycles. The Labute approximate surface area is 189 Å². The Balaban J connectivity index is 1.94. The van der Waals surface area contributed by atoms with Crippen LogP contribution in [0, 0.1) is 11.3 Å². The number of amides is 1. The van der Waals surface area contributed by atoms with Crippen LogP contribution >= 0.6 is 23.4 Å². The predicted octanol–water partition coefficient (Wildman–Crippen LogP) is 4.56. The molecule has 0 aliphatic carbocycles. The first-order valence-electron chi connectivity index (χ1n) is 9.45. The highest BCUT2D eigenvalue weighted by Crippen LogP contribution is 2.41. The molecule has 3 rings (SSSR count). The van der Waals surface area contributed by atoms with Crippen LogP contribution in [-0.4, -0.2) is 24.2 Å². The van der Waals surface area contributed by atoms with Gasteiger partial charge in [0.15, 0.2) is 0 Å². The zero-order chi connectivity index (χ0) is 22.4. The molecule has 0 bridgehead atoms. The minimum atomic E-state index is -0.724. The lowest BCUT2D eigenvalue weighted by molar-refractivity contribution is -0.139. The van der Waals surface area contributed by atoms with E-state index in [0.717, 1.165) is 11.8 Å². The number of hydrogen-bond acceptors (Lipinski definition) is 7. The quantitative estimate of drug-likeness (QED) is 0.587. The van der Waals surface area contributed by atoms with E-state index in [1.165, 1.54) is 6.26 Å². The minimum absolute atomic E-state index is 0.0335. The molecule has 0 saturated heterocycles. The summed E-state index contributed by atoms with van der Waals surface area (Å²) < 4.78 is 10.5. The summed E-state index contributed by atoms with van der Waals surface area (Å²) in [6, 6.07) is 12.3. The van der Waals surface area contributed by atoms with E-state index in [1.807, 2.05) is 0 Å². The molecule has 0 spiro atoms. The van der Waals surface area contributed by atoms with Gasteiger partial charge in [0.2, 0.25) is 0 Å². The molecule has 2 aromatic rings. The number of anilines is 1. The zero-order valence-corrected chi connectivity index (χ0v) is 18.5. The highest BCUT2D eigenvalue weighted by molar-refractivity contribution is 8.03. The molecule has 2 N–H and O–H groups in total. The second kappa shape index (κ2) is 10.2. The zero-order valence-electron chi connectivity index (χ0n) is 16.9. The average Bonchev–Trinajstić information content (AvgIpc) is 3.28. The van der Waals surface area contributed by atoms with Gasteiger partial charge in [-0.1, -0.05) is 23.4 Å². The maximum atomic E-state index is 13.2. The van der Waals surface area contributed by atoms with Gasteiger partial charge in [0.1, 0.15) is 5.76 Å². The van der Waals surface area contributed by atoms with Gasteiger partial charge in [0.25, 0.3) is 5.91 Å². The largest absolute Gasteiger partial charge is 0.468 e. The fourth-order valence-corrected chi connectivity index (χ4v) is 4.15. The monoisotopic (exact) mass is 457 g/mol. The van der Waals surface area contributed by atoms with E-state index < -0.39 is 5.92 Å². The van der Waals surface area contributed by atoms with Crippen molar-refractivity contribution in [3.8, 4) is 6.07 Å². The Bertz CT molecular complexity index is 1070. The third kappa shape index (κ3) is 5.32. The molecular formula is C22H20ClN3O4S. The predicted molar refractivity (Wildman–Crippen MR) is 119 cm³/mol. The molecule has 1 amide bonds. The van der Waals surface area contributed by atoms with E-state index in [-0.39, 0.29) is 29.8 Å². The Morgan fingerprint density at radius 1 is 1.32 bits per heavy atom. The average molecular weight is 458 g/mol. The summed E-state index contributed by atoms with van der Waals surface area (Å²) in [6.45, 7) is 3.75. The third-order valence-electron chi connectivity index (χ3n) is 4.46. The SMILES string of the molecule is CCOC(=O)CSC1=C(C#N)[C@@H](c2ccco2)C(C(=O)Nc2ccc(Cl)cc2)=C(C)N1. The van der Waals surface area contributed by atoms with Crippen LogP contribution in [0.1, 0.15) is 25.5 Å². The summed E-state index contributed by atoms with van der Waals surface area (Å²) in [7, 11) is 0. The number of nitrogens with zero attached hydrogens (tertiary/aromatic N) is 1. The van der Waals surface area contributed by atoms with E-state index in [9.17, 15) is 14.9 Å². The molecule has 0 saturated carbocycles. The lowest BCUT2D eigenvalue weighted by Gasteiger charge is -2.28. The van der Waals surface area contributed by atoms with Crippen LogP contribution in [-0.2, 0) is 14.3 Å². The highest BCUT2D eigenvalue weighted by Gasteiger charge is 2.36. The number of carbonyl (C=O) groups is 2.